The van der Waals surface area contributed by atoms with Crippen LogP contribution in [0.3, 0.4) is 0 Å². The largest absolute Gasteiger partial charge is 2.00 e. The fourth-order valence-electron chi connectivity index (χ4n) is 0. The van der Waals surface area contributed by atoms with Crippen molar-refractivity contribution in [3.63, 3.8) is 0 Å². The minimum Gasteiger partial charge on any atom is -1.00 e. The van der Waals surface area contributed by atoms with Gasteiger partial charge in [0.2, 0.25) is 0 Å². The molecule has 0 radical (unpaired) electrons. The van der Waals surface area contributed by atoms with Crippen molar-refractivity contribution in [2.45, 2.75) is 0 Å². The fourth-order valence-corrected chi connectivity index (χ4v) is 0. The zero-order valence-corrected chi connectivity index (χ0v) is 5.16. The van der Waals surface area contributed by atoms with Gasteiger partial charge in [-0.2, -0.15) is 0 Å². The Morgan fingerprint density at radius 1 is 1.25 bits per heavy atom. The van der Waals surface area contributed by atoms with Crippen molar-refractivity contribution >= 4 is 23.1 Å². The van der Waals surface area contributed by atoms with Crippen molar-refractivity contribution in [3.05, 3.63) is 6.42 Å². The molecule has 0 amide bonds. The zero-order chi connectivity index (χ0) is 2.00. The number of hydrogen-bond donors (Lipinski definition) is 0. The van der Waals surface area contributed by atoms with E-state index >= 15 is 0 Å². The molecule has 4 heavy (non-hydrogen) atoms. The van der Waals surface area contributed by atoms with Crippen LogP contribution in [0.5, 0.6) is 0 Å². The second-order valence-corrected chi connectivity index (χ2v) is 0. The molecule has 0 aliphatic heterocycles. The quantitative estimate of drug-likeness (QED) is 0.184. The van der Waals surface area contributed by atoms with Crippen LogP contribution in [-0.4, -0.2) is 23.1 Å². The van der Waals surface area contributed by atoms with Crippen LogP contribution in [0.25, 0.3) is 0 Å². The summed E-state index contributed by atoms with van der Waals surface area (Å²) < 4.78 is 0. The van der Waals surface area contributed by atoms with Crippen LogP contribution in [0.4, 0.5) is 0 Å². The molecule has 18 valence electrons. The van der Waals surface area contributed by atoms with Gasteiger partial charge in [0.1, 0.15) is 0 Å². The molecule has 0 fully saturated rings. The number of terminal acetylenes is 1. The van der Waals surface area contributed by atoms with Gasteiger partial charge in [-0.15, -0.1) is 0 Å². The summed E-state index contributed by atoms with van der Waals surface area (Å²) >= 11 is 0. The molecule has 0 saturated carbocycles. The molecule has 0 aromatic carbocycles. The van der Waals surface area contributed by atoms with Crippen molar-refractivity contribution in [1.82, 2.24) is 0 Å². The molecule has 0 N–H and O–H groups in total. The normalized spacial score (nSPS) is 0.500. The Hall–Kier alpha value is 0.806. The average Bonchev–Trinajstić information content (AvgIpc) is 1.00. The predicted molar refractivity (Wildman–Crippen MR) is 13.9 cm³/mol. The van der Waals surface area contributed by atoms with Crippen LogP contribution in [0, 0.1) is 12.8 Å². The number of halogens is 1. The smallest absolute Gasteiger partial charge is 1.00 e. The molecular weight excluding hydrogens is 128 g/mol. The molecule has 0 spiro atoms. The first-order valence-corrected chi connectivity index (χ1v) is 0.289. The van der Waals surface area contributed by atoms with Gasteiger partial charge in [0.25, 0.3) is 0 Å². The summed E-state index contributed by atoms with van der Waals surface area (Å²) in [5.74, 6) is 0. The van der Waals surface area contributed by atoms with Gasteiger partial charge in [-0.3, -0.25) is 0 Å². The van der Waals surface area contributed by atoms with Crippen molar-refractivity contribution in [2.24, 2.45) is 0 Å². The van der Waals surface area contributed by atoms with E-state index in [9.17, 15) is 0 Å². The maximum Gasteiger partial charge on any atom is 2.00 e. The molecule has 0 aromatic heterocycles. The molecule has 0 aliphatic rings. The van der Waals surface area contributed by atoms with Crippen LogP contribution in [0.1, 0.15) is 0 Å². The molecule has 0 aromatic rings. The Morgan fingerprint density at radius 3 is 1.25 bits per heavy atom. The van der Waals surface area contributed by atoms with E-state index < -0.39 is 0 Å². The number of hydrogen-bond acceptors (Lipinski definition) is 0. The Balaban J connectivity index is -0.00000000500. The summed E-state index contributed by atoms with van der Waals surface area (Å²) in [6.07, 6.45) is 9.00. The van der Waals surface area contributed by atoms with Gasteiger partial charge in [0.15, 0.2) is 0 Å². The van der Waals surface area contributed by atoms with Gasteiger partial charge < -0.3 is 29.8 Å². The third kappa shape index (κ3) is 14.1. The van der Waals surface area contributed by atoms with Crippen molar-refractivity contribution in [1.29, 1.82) is 0 Å². The average molecular weight is 129 g/mol. The van der Waals surface area contributed by atoms with Gasteiger partial charge in [-0.1, -0.05) is 0 Å². The molecule has 0 rings (SSSR count). The van der Waals surface area contributed by atoms with Gasteiger partial charge in [-0.25, -0.2) is 0 Å². The first-order chi connectivity index (χ1) is 1.00. The van der Waals surface area contributed by atoms with Crippen LogP contribution >= 0.6 is 0 Å². The minimum atomic E-state index is 0. The number of rotatable bonds is 0. The van der Waals surface area contributed by atoms with E-state index in [-0.39, 0.29) is 40.0 Å². The van der Waals surface area contributed by atoms with E-state index in [0.29, 0.717) is 0 Å². The molecule has 0 unspecified atom stereocenters. The SMILES string of the molecule is [Br-].[C-]#C.[Mg+2]. The standard InChI is InChI=1S/C2H.BrH.Mg/c1-2;;/h1H;1H;/q-1;;+2/p-1. The summed E-state index contributed by atoms with van der Waals surface area (Å²) in [6, 6.07) is 0. The first-order valence-electron chi connectivity index (χ1n) is 0.289. The summed E-state index contributed by atoms with van der Waals surface area (Å²) in [4.78, 5) is 0. The molecule has 0 nitrogen and oxygen atoms in total. The molecule has 0 saturated heterocycles. The molecular formula is C2HBrMg. The minimum absolute atomic E-state index is 0. The molecule has 0 bridgehead atoms. The fraction of sp³-hybridized carbons (Fsp3) is 0. The Labute approximate surface area is 52.9 Å². The van der Waals surface area contributed by atoms with Crippen LogP contribution in [-0.2, 0) is 0 Å². The van der Waals surface area contributed by atoms with E-state index in [2.05, 4.69) is 6.42 Å². The Bertz CT molecular complexity index is 10.8. The van der Waals surface area contributed by atoms with Gasteiger partial charge in [0, 0.05) is 0 Å². The maximum atomic E-state index is 5.25. The molecule has 2 heteroatoms. The van der Waals surface area contributed by atoms with Crippen LogP contribution < -0.4 is 17.0 Å². The van der Waals surface area contributed by atoms with E-state index in [1.165, 1.54) is 0 Å². The second kappa shape index (κ2) is 46.1. The van der Waals surface area contributed by atoms with E-state index in [0.717, 1.165) is 0 Å². The summed E-state index contributed by atoms with van der Waals surface area (Å²) in [6.45, 7) is 0. The van der Waals surface area contributed by atoms with Gasteiger partial charge in [0.05, 0.1) is 0 Å². The van der Waals surface area contributed by atoms with E-state index in [4.69, 9.17) is 6.42 Å². The summed E-state index contributed by atoms with van der Waals surface area (Å²) in [5.41, 5.74) is 0. The maximum absolute atomic E-state index is 5.25. The van der Waals surface area contributed by atoms with Crippen molar-refractivity contribution in [3.8, 4) is 6.42 Å². The monoisotopic (exact) mass is 128 g/mol. The van der Waals surface area contributed by atoms with Gasteiger partial charge >= 0.3 is 23.1 Å². The Morgan fingerprint density at radius 2 is 1.25 bits per heavy atom. The van der Waals surface area contributed by atoms with Gasteiger partial charge in [-0.05, 0) is 0 Å². The van der Waals surface area contributed by atoms with Crippen LogP contribution in [0.15, 0.2) is 0 Å². The van der Waals surface area contributed by atoms with Crippen molar-refractivity contribution in [2.75, 3.05) is 0 Å². The topological polar surface area (TPSA) is 0 Å². The third-order valence-corrected chi connectivity index (χ3v) is 0. The van der Waals surface area contributed by atoms with E-state index in [1.54, 1.807) is 0 Å². The molecule has 0 heterocycles. The molecule has 0 atom stereocenters. The first kappa shape index (κ1) is 21.3. The zero-order valence-electron chi connectivity index (χ0n) is 2.16. The third-order valence-electron chi connectivity index (χ3n) is 0. The summed E-state index contributed by atoms with van der Waals surface area (Å²) in [7, 11) is 0. The summed E-state index contributed by atoms with van der Waals surface area (Å²) in [5, 5.41) is 0. The second-order valence-electron chi connectivity index (χ2n) is 0. The Kier molecular flexibility index (Phi) is 246. The van der Waals surface area contributed by atoms with E-state index in [1.807, 2.05) is 0 Å². The predicted octanol–water partition coefficient (Wildman–Crippen LogP) is -3.17. The van der Waals surface area contributed by atoms with Crippen LogP contribution in [0.2, 0.25) is 0 Å². The van der Waals surface area contributed by atoms with Crippen molar-refractivity contribution < 1.29 is 17.0 Å². The molecule has 0 aliphatic carbocycles.